The van der Waals surface area contributed by atoms with Gasteiger partial charge in [-0.2, -0.15) is 0 Å². The van der Waals surface area contributed by atoms with Crippen LogP contribution in [0.5, 0.6) is 5.75 Å². The molecule has 1 atom stereocenters. The van der Waals surface area contributed by atoms with Crippen molar-refractivity contribution in [1.29, 1.82) is 0 Å². The highest BCUT2D eigenvalue weighted by atomic mass is 16.5. The fraction of sp³-hybridized carbons (Fsp3) is 0.625. The number of aliphatic hydroxyl groups is 1. The van der Waals surface area contributed by atoms with E-state index < -0.39 is 6.10 Å². The van der Waals surface area contributed by atoms with Gasteiger partial charge in [0.1, 0.15) is 5.75 Å². The first-order valence-corrected chi connectivity index (χ1v) is 7.26. The number of ether oxygens (including phenoxy) is 1. The maximum absolute atomic E-state index is 10.2. The number of benzene rings is 1. The van der Waals surface area contributed by atoms with Crippen LogP contribution in [0.2, 0.25) is 0 Å². The van der Waals surface area contributed by atoms with Crippen molar-refractivity contribution in [2.24, 2.45) is 0 Å². The summed E-state index contributed by atoms with van der Waals surface area (Å²) in [5.74, 6) is 0.871. The molecule has 0 saturated heterocycles. The molecule has 106 valence electrons. The van der Waals surface area contributed by atoms with E-state index in [1.807, 2.05) is 25.1 Å². The Balaban J connectivity index is 1.88. The Morgan fingerprint density at radius 2 is 2.05 bits per heavy atom. The average molecular weight is 263 g/mol. The molecule has 0 aromatic heterocycles. The van der Waals surface area contributed by atoms with Crippen molar-refractivity contribution in [3.8, 4) is 5.75 Å². The summed E-state index contributed by atoms with van der Waals surface area (Å²) in [5.41, 5.74) is 2.03. The van der Waals surface area contributed by atoms with Gasteiger partial charge in [-0.1, -0.05) is 25.3 Å². The van der Waals surface area contributed by atoms with E-state index in [9.17, 15) is 5.11 Å². The second-order valence-corrected chi connectivity index (χ2v) is 5.49. The van der Waals surface area contributed by atoms with Gasteiger partial charge in [-0.3, -0.25) is 0 Å². The quantitative estimate of drug-likeness (QED) is 0.858. The maximum Gasteiger partial charge on any atom is 0.121 e. The molecule has 1 fully saturated rings. The van der Waals surface area contributed by atoms with Crippen LogP contribution in [0.4, 0.5) is 0 Å². The highest BCUT2D eigenvalue weighted by Crippen LogP contribution is 2.23. The van der Waals surface area contributed by atoms with Crippen LogP contribution >= 0.6 is 0 Å². The van der Waals surface area contributed by atoms with Crippen LogP contribution in [-0.4, -0.2) is 24.8 Å². The molecule has 3 heteroatoms. The van der Waals surface area contributed by atoms with Gasteiger partial charge in [-0.25, -0.2) is 0 Å². The lowest BCUT2D eigenvalue weighted by atomic mass is 9.95. The SMILES string of the molecule is COc1ccc(C(O)CNC2CCCCC2)cc1C. The molecule has 0 radical (unpaired) electrons. The highest BCUT2D eigenvalue weighted by Gasteiger charge is 2.15. The molecule has 3 nitrogen and oxygen atoms in total. The van der Waals surface area contributed by atoms with E-state index in [0.29, 0.717) is 12.6 Å². The molecule has 1 saturated carbocycles. The van der Waals surface area contributed by atoms with Crippen molar-refractivity contribution in [3.05, 3.63) is 29.3 Å². The Hall–Kier alpha value is -1.06. The third-order valence-electron chi connectivity index (χ3n) is 4.01. The Kier molecular flexibility index (Phi) is 5.23. The molecule has 1 aliphatic rings. The van der Waals surface area contributed by atoms with Gasteiger partial charge < -0.3 is 15.2 Å². The lowest BCUT2D eigenvalue weighted by Gasteiger charge is -2.24. The van der Waals surface area contributed by atoms with Gasteiger partial charge in [0.2, 0.25) is 0 Å². The summed E-state index contributed by atoms with van der Waals surface area (Å²) in [5, 5.41) is 13.7. The molecule has 1 aromatic carbocycles. The second kappa shape index (κ2) is 6.92. The monoisotopic (exact) mass is 263 g/mol. The summed E-state index contributed by atoms with van der Waals surface area (Å²) in [6.45, 7) is 2.64. The van der Waals surface area contributed by atoms with Crippen molar-refractivity contribution in [3.63, 3.8) is 0 Å². The molecular formula is C16H25NO2. The lowest BCUT2D eigenvalue weighted by Crippen LogP contribution is -2.34. The van der Waals surface area contributed by atoms with E-state index in [2.05, 4.69) is 5.32 Å². The highest BCUT2D eigenvalue weighted by molar-refractivity contribution is 5.37. The second-order valence-electron chi connectivity index (χ2n) is 5.49. The minimum Gasteiger partial charge on any atom is -0.496 e. The van der Waals surface area contributed by atoms with Crippen LogP contribution in [0.15, 0.2) is 18.2 Å². The molecule has 1 aromatic rings. The molecule has 0 bridgehead atoms. The average Bonchev–Trinajstić information content (AvgIpc) is 2.45. The predicted molar refractivity (Wildman–Crippen MR) is 77.6 cm³/mol. The van der Waals surface area contributed by atoms with Gasteiger partial charge in [0, 0.05) is 12.6 Å². The first-order chi connectivity index (χ1) is 9.20. The van der Waals surface area contributed by atoms with Crippen molar-refractivity contribution >= 4 is 0 Å². The first kappa shape index (κ1) is 14.4. The Labute approximate surface area is 116 Å². The Morgan fingerprint density at radius 1 is 1.32 bits per heavy atom. The molecule has 1 aliphatic carbocycles. The van der Waals surface area contributed by atoms with Gasteiger partial charge in [0.05, 0.1) is 13.2 Å². The van der Waals surface area contributed by atoms with Gasteiger partial charge >= 0.3 is 0 Å². The molecule has 0 heterocycles. The number of hydrogen-bond acceptors (Lipinski definition) is 3. The number of methoxy groups -OCH3 is 1. The van der Waals surface area contributed by atoms with Crippen LogP contribution in [0.3, 0.4) is 0 Å². The summed E-state index contributed by atoms with van der Waals surface area (Å²) in [6.07, 6.45) is 6.04. The largest absolute Gasteiger partial charge is 0.496 e. The van der Waals surface area contributed by atoms with Gasteiger partial charge in [-0.15, -0.1) is 0 Å². The zero-order valence-corrected chi connectivity index (χ0v) is 12.0. The predicted octanol–water partition coefficient (Wildman–Crippen LogP) is 2.96. The summed E-state index contributed by atoms with van der Waals surface area (Å²) in [4.78, 5) is 0. The van der Waals surface area contributed by atoms with Crippen molar-refractivity contribution in [1.82, 2.24) is 5.32 Å². The van der Waals surface area contributed by atoms with E-state index in [1.165, 1.54) is 32.1 Å². The first-order valence-electron chi connectivity index (χ1n) is 7.26. The van der Waals surface area contributed by atoms with E-state index in [1.54, 1.807) is 7.11 Å². The molecule has 0 aliphatic heterocycles. The van der Waals surface area contributed by atoms with Crippen LogP contribution < -0.4 is 10.1 Å². The summed E-state index contributed by atoms with van der Waals surface area (Å²) >= 11 is 0. The fourth-order valence-electron chi connectivity index (χ4n) is 2.81. The van der Waals surface area contributed by atoms with E-state index in [-0.39, 0.29) is 0 Å². The van der Waals surface area contributed by atoms with Crippen molar-refractivity contribution in [2.45, 2.75) is 51.2 Å². The van der Waals surface area contributed by atoms with Crippen LogP contribution in [0, 0.1) is 6.92 Å². The number of nitrogens with one attached hydrogen (secondary N) is 1. The summed E-state index contributed by atoms with van der Waals surface area (Å²) < 4.78 is 5.24. The number of aliphatic hydroxyl groups excluding tert-OH is 1. The summed E-state index contributed by atoms with van der Waals surface area (Å²) in [6, 6.07) is 6.46. The zero-order chi connectivity index (χ0) is 13.7. The molecule has 0 amide bonds. The molecule has 19 heavy (non-hydrogen) atoms. The van der Waals surface area contributed by atoms with Crippen molar-refractivity contribution in [2.75, 3.05) is 13.7 Å². The zero-order valence-electron chi connectivity index (χ0n) is 12.0. The van der Waals surface area contributed by atoms with E-state index in [4.69, 9.17) is 4.74 Å². The van der Waals surface area contributed by atoms with Gasteiger partial charge in [-0.05, 0) is 43.0 Å². The van der Waals surface area contributed by atoms with Crippen LogP contribution in [0.1, 0.15) is 49.3 Å². The molecule has 1 unspecified atom stereocenters. The molecule has 2 N–H and O–H groups in total. The number of aryl methyl sites for hydroxylation is 1. The van der Waals surface area contributed by atoms with E-state index >= 15 is 0 Å². The smallest absolute Gasteiger partial charge is 0.121 e. The minimum absolute atomic E-state index is 0.438. The minimum atomic E-state index is -0.438. The van der Waals surface area contributed by atoms with E-state index in [0.717, 1.165) is 16.9 Å². The number of rotatable bonds is 5. The Morgan fingerprint density at radius 3 is 2.68 bits per heavy atom. The van der Waals surface area contributed by atoms with Crippen molar-refractivity contribution < 1.29 is 9.84 Å². The molecule has 2 rings (SSSR count). The standard InChI is InChI=1S/C16H25NO2/c1-12-10-13(8-9-16(12)19-2)15(18)11-17-14-6-4-3-5-7-14/h8-10,14-15,17-18H,3-7,11H2,1-2H3. The van der Waals surface area contributed by atoms with Crippen LogP contribution in [0.25, 0.3) is 0 Å². The van der Waals surface area contributed by atoms with Gasteiger partial charge in [0.15, 0.2) is 0 Å². The normalized spacial score (nSPS) is 18.3. The lowest BCUT2D eigenvalue weighted by molar-refractivity contribution is 0.165. The number of hydrogen-bond donors (Lipinski definition) is 2. The maximum atomic E-state index is 10.2. The van der Waals surface area contributed by atoms with Gasteiger partial charge in [0.25, 0.3) is 0 Å². The summed E-state index contributed by atoms with van der Waals surface area (Å²) in [7, 11) is 1.67. The Bertz CT molecular complexity index is 400. The third-order valence-corrected chi connectivity index (χ3v) is 4.01. The fourth-order valence-corrected chi connectivity index (χ4v) is 2.81. The topological polar surface area (TPSA) is 41.5 Å². The van der Waals surface area contributed by atoms with Crippen LogP contribution in [-0.2, 0) is 0 Å². The molecule has 0 spiro atoms. The third kappa shape index (κ3) is 3.95. The molecular weight excluding hydrogens is 238 g/mol.